The number of amides is 2. The minimum absolute atomic E-state index is 0.0375. The summed E-state index contributed by atoms with van der Waals surface area (Å²) in [5.74, 6) is -0.788. The van der Waals surface area contributed by atoms with E-state index in [4.69, 9.17) is 21.1 Å². The first-order valence-corrected chi connectivity index (χ1v) is 13.4. The van der Waals surface area contributed by atoms with Crippen LogP contribution in [-0.2, 0) is 20.9 Å². The zero-order valence-corrected chi connectivity index (χ0v) is 23.0. The lowest BCUT2D eigenvalue weighted by Gasteiger charge is -2.31. The van der Waals surface area contributed by atoms with Gasteiger partial charge in [-0.3, -0.25) is 14.5 Å². The number of rotatable bonds is 10. The number of hydrogen-bond donors (Lipinski definition) is 1. The van der Waals surface area contributed by atoms with Crippen LogP contribution in [0.25, 0.3) is 11.4 Å². The molecule has 0 spiro atoms. The Labute approximate surface area is 241 Å². The number of methoxy groups -OCH3 is 1. The average Bonchev–Trinajstić information content (AvgIpc) is 3.68. The third kappa shape index (κ3) is 6.69. The molecule has 0 radical (unpaired) electrons. The second-order valence-electron chi connectivity index (χ2n) is 9.42. The van der Waals surface area contributed by atoms with Crippen LogP contribution in [-0.4, -0.2) is 58.4 Å². The Morgan fingerprint density at radius 1 is 1.15 bits per heavy atom. The lowest BCUT2D eigenvalue weighted by Crippen LogP contribution is -2.46. The SMILES string of the molecule is COc1ccc(N(C(=O)Cn2nnc(-c3ccccc3F)n2)[C@@H](C(=O)NC[C@@H]2CCCO2)c2ccc(Cl)cc2)cc1. The van der Waals surface area contributed by atoms with Crippen molar-refractivity contribution < 1.29 is 23.5 Å². The first-order chi connectivity index (χ1) is 19.9. The predicted octanol–water partition coefficient (Wildman–Crippen LogP) is 4.21. The van der Waals surface area contributed by atoms with Gasteiger partial charge in [0.2, 0.25) is 11.7 Å². The van der Waals surface area contributed by atoms with Crippen LogP contribution in [0, 0.1) is 5.82 Å². The normalized spacial score (nSPS) is 15.3. The fourth-order valence-electron chi connectivity index (χ4n) is 4.62. The third-order valence-corrected chi connectivity index (χ3v) is 6.94. The monoisotopic (exact) mass is 578 g/mol. The summed E-state index contributed by atoms with van der Waals surface area (Å²) < 4.78 is 25.2. The molecule has 1 N–H and O–H groups in total. The summed E-state index contributed by atoms with van der Waals surface area (Å²) in [7, 11) is 1.54. The van der Waals surface area contributed by atoms with E-state index in [1.54, 1.807) is 60.7 Å². The molecule has 10 nitrogen and oxygen atoms in total. The average molecular weight is 579 g/mol. The molecule has 1 aromatic heterocycles. The molecule has 0 bridgehead atoms. The van der Waals surface area contributed by atoms with E-state index < -0.39 is 23.7 Å². The molecule has 2 amide bonds. The van der Waals surface area contributed by atoms with E-state index in [2.05, 4.69) is 20.7 Å². The predicted molar refractivity (Wildman–Crippen MR) is 150 cm³/mol. The van der Waals surface area contributed by atoms with Crippen LogP contribution in [0.2, 0.25) is 5.02 Å². The maximum atomic E-state index is 14.3. The molecule has 41 heavy (non-hydrogen) atoms. The number of carbonyl (C=O) groups excluding carboxylic acids is 2. The second-order valence-corrected chi connectivity index (χ2v) is 9.86. The number of anilines is 1. The zero-order chi connectivity index (χ0) is 28.8. The number of tetrazole rings is 1. The highest BCUT2D eigenvalue weighted by atomic mass is 35.5. The van der Waals surface area contributed by atoms with Gasteiger partial charge in [0.05, 0.1) is 18.8 Å². The Bertz CT molecular complexity index is 1490. The van der Waals surface area contributed by atoms with Crippen molar-refractivity contribution in [2.24, 2.45) is 0 Å². The summed E-state index contributed by atoms with van der Waals surface area (Å²) >= 11 is 6.14. The van der Waals surface area contributed by atoms with Gasteiger partial charge in [-0.1, -0.05) is 35.9 Å². The molecule has 4 aromatic rings. The lowest BCUT2D eigenvalue weighted by atomic mass is 10.0. The summed E-state index contributed by atoms with van der Waals surface area (Å²) in [5.41, 5.74) is 1.14. The number of hydrogen-bond acceptors (Lipinski definition) is 7. The van der Waals surface area contributed by atoms with Crippen LogP contribution in [0.1, 0.15) is 24.4 Å². The third-order valence-electron chi connectivity index (χ3n) is 6.68. The van der Waals surface area contributed by atoms with Crippen molar-refractivity contribution in [3.05, 3.63) is 89.2 Å². The maximum absolute atomic E-state index is 14.3. The second kappa shape index (κ2) is 12.9. The van der Waals surface area contributed by atoms with Crippen molar-refractivity contribution in [3.8, 4) is 17.1 Å². The summed E-state index contributed by atoms with van der Waals surface area (Å²) in [6.45, 7) is 0.595. The minimum atomic E-state index is -1.07. The van der Waals surface area contributed by atoms with Gasteiger partial charge in [-0.2, -0.15) is 4.80 Å². The number of ether oxygens (including phenoxy) is 2. The summed E-state index contributed by atoms with van der Waals surface area (Å²) in [6, 6.07) is 18.5. The molecular weight excluding hydrogens is 551 g/mol. The molecule has 0 unspecified atom stereocenters. The van der Waals surface area contributed by atoms with E-state index in [1.807, 2.05) is 0 Å². The standard InChI is InChI=1S/C29H28ClFN6O4/c1-40-22-14-12-21(13-15-22)37(26(38)18-36-34-28(33-35-36)24-6-2-3-7-25(24)31)27(19-8-10-20(30)11-9-19)29(39)32-17-23-5-4-16-41-23/h2-3,6-15,23,27H,4-5,16-18H2,1H3,(H,32,39)/t23-,27+/m0/s1. The topological polar surface area (TPSA) is 111 Å². The van der Waals surface area contributed by atoms with Gasteiger partial charge in [0.25, 0.3) is 5.91 Å². The van der Waals surface area contributed by atoms with Crippen LogP contribution in [0.4, 0.5) is 10.1 Å². The van der Waals surface area contributed by atoms with Crippen molar-refractivity contribution in [2.45, 2.75) is 31.5 Å². The van der Waals surface area contributed by atoms with Crippen LogP contribution in [0.5, 0.6) is 5.75 Å². The fourth-order valence-corrected chi connectivity index (χ4v) is 4.74. The van der Waals surface area contributed by atoms with E-state index in [9.17, 15) is 14.0 Å². The Kier molecular flexibility index (Phi) is 8.85. The zero-order valence-electron chi connectivity index (χ0n) is 22.2. The smallest absolute Gasteiger partial charge is 0.251 e. The Morgan fingerprint density at radius 2 is 1.90 bits per heavy atom. The largest absolute Gasteiger partial charge is 0.497 e. The van der Waals surface area contributed by atoms with Crippen LogP contribution < -0.4 is 15.0 Å². The molecule has 1 aliphatic heterocycles. The molecule has 2 heterocycles. The molecule has 212 valence electrons. The lowest BCUT2D eigenvalue weighted by molar-refractivity contribution is -0.127. The van der Waals surface area contributed by atoms with Crippen molar-refractivity contribution >= 4 is 29.1 Å². The van der Waals surface area contributed by atoms with Gasteiger partial charge < -0.3 is 14.8 Å². The molecule has 1 aliphatic rings. The van der Waals surface area contributed by atoms with Gasteiger partial charge in [-0.15, -0.1) is 10.2 Å². The summed E-state index contributed by atoms with van der Waals surface area (Å²) in [6.07, 6.45) is 1.68. The van der Waals surface area contributed by atoms with E-state index in [0.717, 1.165) is 17.6 Å². The molecule has 0 aliphatic carbocycles. The van der Waals surface area contributed by atoms with Gasteiger partial charge in [0, 0.05) is 23.9 Å². The highest BCUT2D eigenvalue weighted by Crippen LogP contribution is 2.31. The van der Waals surface area contributed by atoms with Gasteiger partial charge in [0.15, 0.2) is 0 Å². The fraction of sp³-hybridized carbons (Fsp3) is 0.276. The highest BCUT2D eigenvalue weighted by Gasteiger charge is 2.34. The van der Waals surface area contributed by atoms with E-state index in [0.29, 0.717) is 35.2 Å². The molecule has 3 aromatic carbocycles. The number of aromatic nitrogens is 4. The van der Waals surface area contributed by atoms with Gasteiger partial charge in [0.1, 0.15) is 24.2 Å². The summed E-state index contributed by atoms with van der Waals surface area (Å²) in [5, 5.41) is 15.5. The first-order valence-electron chi connectivity index (χ1n) is 13.1. The number of halogens is 2. The first kappa shape index (κ1) is 28.2. The quantitative estimate of drug-likeness (QED) is 0.300. The Hall–Kier alpha value is -4.35. The molecule has 0 saturated carbocycles. The van der Waals surface area contributed by atoms with Crippen LogP contribution in [0.15, 0.2) is 72.8 Å². The van der Waals surface area contributed by atoms with Gasteiger partial charge in [-0.25, -0.2) is 4.39 Å². The highest BCUT2D eigenvalue weighted by molar-refractivity contribution is 6.30. The van der Waals surface area contributed by atoms with Crippen molar-refractivity contribution in [1.82, 2.24) is 25.5 Å². The molecule has 2 atom stereocenters. The Morgan fingerprint density at radius 3 is 2.59 bits per heavy atom. The number of nitrogens with one attached hydrogen (secondary N) is 1. The Balaban J connectivity index is 1.49. The van der Waals surface area contributed by atoms with Crippen LogP contribution in [0.3, 0.4) is 0 Å². The number of benzene rings is 3. The molecule has 12 heteroatoms. The van der Waals surface area contributed by atoms with Crippen molar-refractivity contribution in [3.63, 3.8) is 0 Å². The molecule has 1 fully saturated rings. The van der Waals surface area contributed by atoms with Gasteiger partial charge >= 0.3 is 0 Å². The van der Waals surface area contributed by atoms with Gasteiger partial charge in [-0.05, 0) is 72.1 Å². The van der Waals surface area contributed by atoms with E-state index >= 15 is 0 Å². The van der Waals surface area contributed by atoms with Crippen molar-refractivity contribution in [1.29, 1.82) is 0 Å². The molecule has 1 saturated heterocycles. The van der Waals surface area contributed by atoms with E-state index in [1.165, 1.54) is 24.1 Å². The number of carbonyl (C=O) groups is 2. The molecular formula is C29H28ClFN6O4. The van der Waals surface area contributed by atoms with E-state index in [-0.39, 0.29) is 24.0 Å². The maximum Gasteiger partial charge on any atom is 0.251 e. The van der Waals surface area contributed by atoms with Crippen molar-refractivity contribution in [2.75, 3.05) is 25.2 Å². The number of nitrogens with zero attached hydrogens (tertiary/aromatic N) is 5. The molecule has 5 rings (SSSR count). The summed E-state index contributed by atoms with van der Waals surface area (Å²) in [4.78, 5) is 30.2. The van der Waals surface area contributed by atoms with Crippen LogP contribution >= 0.6 is 11.6 Å². The minimum Gasteiger partial charge on any atom is -0.497 e.